The molecule has 0 spiro atoms. The van der Waals surface area contributed by atoms with E-state index < -0.39 is 23.9 Å². The molecule has 27 heteroatoms. The number of rotatable bonds is 44. The van der Waals surface area contributed by atoms with Gasteiger partial charge < -0.3 is 77.6 Å². The molecule has 0 fully saturated rings. The summed E-state index contributed by atoms with van der Waals surface area (Å²) in [6.07, 6.45) is 13.7. The van der Waals surface area contributed by atoms with Gasteiger partial charge in [0.15, 0.2) is 0 Å². The van der Waals surface area contributed by atoms with Crippen molar-refractivity contribution in [2.45, 2.75) is 252 Å². The normalized spacial score (nSPS) is 12.7. The number of hydrogen-bond donors (Lipinski definition) is 8. The molecule has 0 bridgehead atoms. The second-order valence-electron chi connectivity index (χ2n) is 31.5. The molecule has 0 heterocycles. The molecule has 0 aromatic heterocycles. The van der Waals surface area contributed by atoms with Crippen molar-refractivity contribution in [3.63, 3.8) is 0 Å². The molecule has 0 saturated heterocycles. The summed E-state index contributed by atoms with van der Waals surface area (Å²) in [5.41, 5.74) is 31.9. The molecule has 1 aliphatic carbocycles. The molecular formula is C87H157BrIN5O20-2. The van der Waals surface area contributed by atoms with Crippen LogP contribution in [0.15, 0.2) is 48.5 Å². The number of ketones is 2. The van der Waals surface area contributed by atoms with E-state index in [9.17, 15) is 57.8 Å². The molecule has 2 aromatic carbocycles. The number of benzene rings is 2. The van der Waals surface area contributed by atoms with E-state index in [0.29, 0.717) is 131 Å². The average molecular weight is 1800 g/mol. The summed E-state index contributed by atoms with van der Waals surface area (Å²) in [7, 11) is 5.59. The Bertz CT molecular complexity index is 2670. The molecular weight excluding hydrogens is 1640 g/mol. The van der Waals surface area contributed by atoms with Gasteiger partial charge in [0.25, 0.3) is 0 Å². The molecule has 0 radical (unpaired) electrons. The zero-order valence-electron chi connectivity index (χ0n) is 74.8. The van der Waals surface area contributed by atoms with Crippen molar-refractivity contribution in [3.8, 4) is 11.1 Å². The topological polar surface area (TPSA) is 448 Å². The van der Waals surface area contributed by atoms with Gasteiger partial charge in [0, 0.05) is 76.0 Å². The fraction of sp³-hybridized carbons (Fsp3) is 0.736. The Hall–Kier alpha value is -5.98. The van der Waals surface area contributed by atoms with Gasteiger partial charge in [-0.3, -0.25) is 47.9 Å². The SMILES string of the molecule is CC(=O)OCC1c2ccccc2-c2ccccc21.CC(C)C[C@H](CN)CC(=O)O.CC[C@H](CC(=O)O)CC(C)C.CC[C@H](CC(=O)O)CC(C)C.COC(=O)C[C@@H](CCC(=O)CN)CC(C)C.COC(=O)C[C@@H](CCC(=O)CN)CC(C)C.COC(=O)C[C@@H](CN)CC(C)C.COC(=O)C[C@@H](CN)CC(C)C.O=C([O-])CBr.[2H][I-]C. The van der Waals surface area contributed by atoms with Crippen molar-refractivity contribution in [3.05, 3.63) is 59.7 Å². The third-order valence-electron chi connectivity index (χ3n) is 17.6. The molecule has 25 nitrogen and oxygen atoms in total. The Morgan fingerprint density at radius 2 is 0.667 bits per heavy atom. The van der Waals surface area contributed by atoms with Gasteiger partial charge in [-0.2, -0.15) is 0 Å². The first kappa shape index (κ1) is 119. The monoisotopic (exact) mass is 1800 g/mol. The number of ether oxygens (including phenoxy) is 5. The second kappa shape index (κ2) is 78.2. The molecule has 2 aromatic rings. The molecule has 0 saturated carbocycles. The number of carboxylic acid groups (broad SMARTS) is 4. The Kier molecular flexibility index (Phi) is 81.5. The zero-order chi connectivity index (χ0) is 90.3. The number of aliphatic carboxylic acids is 4. The molecule has 0 amide bonds. The summed E-state index contributed by atoms with van der Waals surface area (Å²) in [4.78, 5) is 119. The van der Waals surface area contributed by atoms with E-state index in [-0.39, 0.29) is 124 Å². The van der Waals surface area contributed by atoms with Crippen molar-refractivity contribution < 1.29 is 119 Å². The van der Waals surface area contributed by atoms with Crippen LogP contribution in [0.5, 0.6) is 0 Å². The van der Waals surface area contributed by atoms with Gasteiger partial charge in [-0.15, -0.1) is 0 Å². The number of esters is 5. The minimum absolute atomic E-state index is 0.0543. The van der Waals surface area contributed by atoms with E-state index >= 15 is 0 Å². The molecule has 13 N–H and O–H groups in total. The van der Waals surface area contributed by atoms with E-state index in [0.717, 1.165) is 70.6 Å². The van der Waals surface area contributed by atoms with Gasteiger partial charge in [0.2, 0.25) is 0 Å². The van der Waals surface area contributed by atoms with E-state index in [1.807, 2.05) is 29.2 Å². The van der Waals surface area contributed by atoms with Gasteiger partial charge in [-0.25, -0.2) is 0 Å². The van der Waals surface area contributed by atoms with Crippen molar-refractivity contribution in [1.29, 1.82) is 0.594 Å². The summed E-state index contributed by atoms with van der Waals surface area (Å²) in [6.45, 7) is 37.3. The van der Waals surface area contributed by atoms with Crippen molar-refractivity contribution in [1.82, 2.24) is 0 Å². The summed E-state index contributed by atoms with van der Waals surface area (Å²) < 4.78 is 30.0. The number of carbonyl (C=O) groups is 11. The Balaban J connectivity index is -0.000000230. The first-order valence-corrected chi connectivity index (χ1v) is 43.6. The third-order valence-corrected chi connectivity index (χ3v) is 18.0. The minimum atomic E-state index is -1.08. The van der Waals surface area contributed by atoms with Gasteiger partial charge in [0.05, 0.1) is 47.5 Å². The summed E-state index contributed by atoms with van der Waals surface area (Å²) in [5, 5.41) is 34.7. The summed E-state index contributed by atoms with van der Waals surface area (Å²) in [6, 6.07) is 16.6. The van der Waals surface area contributed by atoms with Gasteiger partial charge in [-0.05, 0) is 183 Å². The second-order valence-corrected chi connectivity index (χ2v) is 32.1. The molecule has 0 aliphatic heterocycles. The predicted octanol–water partition coefficient (Wildman–Crippen LogP) is 10.9. The molecule has 3 rings (SSSR count). The maximum atomic E-state index is 11.2. The molecule has 7 atom stereocenters. The van der Waals surface area contributed by atoms with Crippen molar-refractivity contribution >= 4 is 81.2 Å². The third kappa shape index (κ3) is 77.3. The number of alkyl halides is 2. The molecule has 0 unspecified atom stereocenters. The van der Waals surface area contributed by atoms with Crippen LogP contribution in [0.25, 0.3) is 11.1 Å². The van der Waals surface area contributed by atoms with Crippen LogP contribution in [0.1, 0.15) is 263 Å². The van der Waals surface area contributed by atoms with Crippen LogP contribution in [-0.2, 0) is 76.4 Å². The Morgan fingerprint density at radius 3 is 0.877 bits per heavy atom. The van der Waals surface area contributed by atoms with Crippen molar-refractivity contribution in [2.24, 2.45) is 112 Å². The summed E-state index contributed by atoms with van der Waals surface area (Å²) in [5.74, 6) is 2.00. The number of carboxylic acids is 4. The average Bonchev–Trinajstić information content (AvgIpc) is 1.62. The van der Waals surface area contributed by atoms with Crippen LogP contribution in [0, 0.1) is 82.9 Å². The fourth-order valence-electron chi connectivity index (χ4n) is 12.4. The standard InChI is InChI=1S/C16H14O2.2C12H23NO3.2C9H19NO2.2C9H18O2.C8H17NO2.C2H3BrO2.CH4I/c1-11(17)18-10-16-14-8-4-2-6-12(14)13-7-3-5-9-15(13)16;2*1-9(2)6-10(7-12(15)16-3)4-5-11(14)8-13;2*1-7(2)4-8(6-10)5-9(11)12-3;2*1-4-8(5-7(2)3)6-9(10)11;1-6(2)3-7(5-9)4-8(10)11;3-1-2(4)5;1-2/h2-9,16H,10H2,1H3;2*9-10H,4-8,13H2,1-3H3;2*7-8H,4-6,10H2,1-3H3;2*7-8H,4-6H2,1-3H3,(H,10,11);6-7H,3-5,9H2,1-2H3,(H,10,11);1H2,(H,4,5);2H,1H3/q;;;;;;;;;-1/p-1/t;2*10-;4*8-;7-;;/m.0000000../s1/i;;;;;;;;;2D. The summed E-state index contributed by atoms with van der Waals surface area (Å²) >= 11 is 2.49. The molecule has 666 valence electrons. The van der Waals surface area contributed by atoms with Gasteiger partial charge >= 0.3 is 75.7 Å². The Labute approximate surface area is 709 Å². The fourth-order valence-corrected chi connectivity index (χ4v) is 12.4. The number of Topliss-reactive ketones (excluding diaryl/α,β-unsaturated/α-hetero) is 2. The van der Waals surface area contributed by atoms with Crippen LogP contribution >= 0.6 is 15.9 Å². The number of methoxy groups -OCH3 is 4. The number of nitrogens with two attached hydrogens (primary N) is 5. The maximum absolute atomic E-state index is 11.2. The van der Waals surface area contributed by atoms with E-state index in [2.05, 4.69) is 170 Å². The Morgan fingerprint density at radius 1 is 0.439 bits per heavy atom. The predicted molar refractivity (Wildman–Crippen MR) is 455 cm³/mol. The van der Waals surface area contributed by atoms with Crippen LogP contribution in [0.3, 0.4) is 0 Å². The number of carbonyl (C=O) groups excluding carboxylic acids is 8. The first-order chi connectivity index (χ1) is 53.8. The molecule has 1 aliphatic rings. The van der Waals surface area contributed by atoms with Crippen LogP contribution < -0.4 is 56.2 Å². The van der Waals surface area contributed by atoms with Crippen LogP contribution in [0.4, 0.5) is 0 Å². The first-order valence-electron chi connectivity index (χ1n) is 40.7. The zero-order valence-corrected chi connectivity index (χ0v) is 77.5. The van der Waals surface area contributed by atoms with Crippen molar-refractivity contribution in [2.75, 3.05) is 78.0 Å². The number of halogens is 2. The van der Waals surface area contributed by atoms with Crippen LogP contribution in [0.2, 0.25) is 0 Å². The van der Waals surface area contributed by atoms with E-state index in [1.165, 1.54) is 57.6 Å². The quantitative estimate of drug-likeness (QED) is 0.0132. The number of fused-ring (bicyclic) bond motifs is 3. The number of hydrogen-bond acceptors (Lipinski definition) is 22. The molecule has 114 heavy (non-hydrogen) atoms. The van der Waals surface area contributed by atoms with E-state index in [1.54, 1.807) is 0 Å². The van der Waals surface area contributed by atoms with E-state index in [4.69, 9.17) is 49.3 Å². The van der Waals surface area contributed by atoms with Crippen LogP contribution in [-0.4, -0.2) is 159 Å². The van der Waals surface area contributed by atoms with Gasteiger partial charge in [0.1, 0.15) is 18.2 Å². The van der Waals surface area contributed by atoms with Gasteiger partial charge in [-0.1, -0.05) is 188 Å².